The van der Waals surface area contributed by atoms with Gasteiger partial charge >= 0.3 is 0 Å². The summed E-state index contributed by atoms with van der Waals surface area (Å²) in [6.07, 6.45) is 5.42. The lowest BCUT2D eigenvalue weighted by molar-refractivity contribution is 0.122. The van der Waals surface area contributed by atoms with Gasteiger partial charge in [0, 0.05) is 5.54 Å². The van der Waals surface area contributed by atoms with E-state index in [-0.39, 0.29) is 0 Å². The maximum Gasteiger partial charge on any atom is 0.0153 e. The number of hydrogen-bond donors (Lipinski definition) is 0. The molecule has 13 heavy (non-hydrogen) atoms. The van der Waals surface area contributed by atoms with Crippen molar-refractivity contribution in [2.24, 2.45) is 0 Å². The molecule has 0 rings (SSSR count). The maximum atomic E-state index is 2.56. The van der Waals surface area contributed by atoms with Crippen molar-refractivity contribution in [3.05, 3.63) is 0 Å². The monoisotopic (exact) mass is 185 g/mol. The quantitative estimate of drug-likeness (QED) is 0.547. The molecule has 0 aromatic rings. The molecular weight excluding hydrogens is 158 g/mol. The molecule has 1 nitrogen and oxygen atoms in total. The molecule has 0 aliphatic carbocycles. The minimum Gasteiger partial charge on any atom is -0.299 e. The molecule has 0 amide bonds. The summed E-state index contributed by atoms with van der Waals surface area (Å²) in [4.78, 5) is 2.56. The Bertz CT molecular complexity index is 114. The van der Waals surface area contributed by atoms with E-state index in [1.54, 1.807) is 0 Å². The normalized spacial score (nSPS) is 12.5. The van der Waals surface area contributed by atoms with Crippen LogP contribution in [0.25, 0.3) is 0 Å². The zero-order valence-corrected chi connectivity index (χ0v) is 10.2. The van der Waals surface area contributed by atoms with E-state index in [1.807, 2.05) is 0 Å². The van der Waals surface area contributed by atoms with Gasteiger partial charge in [-0.25, -0.2) is 0 Å². The third-order valence-electron chi connectivity index (χ3n) is 3.01. The van der Waals surface area contributed by atoms with Crippen LogP contribution in [0, 0.1) is 0 Å². The van der Waals surface area contributed by atoms with Gasteiger partial charge in [-0.2, -0.15) is 0 Å². The summed E-state index contributed by atoms with van der Waals surface area (Å²) in [5, 5.41) is 0. The molecule has 0 aromatic heterocycles. The Morgan fingerprint density at radius 2 is 1.46 bits per heavy atom. The first-order valence-electron chi connectivity index (χ1n) is 5.83. The van der Waals surface area contributed by atoms with Crippen molar-refractivity contribution in [1.82, 2.24) is 4.90 Å². The van der Waals surface area contributed by atoms with Gasteiger partial charge in [-0.15, -0.1) is 0 Å². The Hall–Kier alpha value is -0.0400. The highest BCUT2D eigenvalue weighted by Gasteiger charge is 2.22. The number of unbranched alkanes of at least 4 members (excludes halogenated alkanes) is 2. The Labute approximate surface area is 84.5 Å². The first-order valence-corrected chi connectivity index (χ1v) is 5.83. The average molecular weight is 185 g/mol. The van der Waals surface area contributed by atoms with Crippen LogP contribution < -0.4 is 0 Å². The smallest absolute Gasteiger partial charge is 0.0153 e. The zero-order valence-electron chi connectivity index (χ0n) is 10.2. The minimum absolute atomic E-state index is 0.401. The molecule has 80 valence electrons. The molecule has 0 atom stereocenters. The van der Waals surface area contributed by atoms with Crippen LogP contribution in [0.3, 0.4) is 0 Å². The van der Waals surface area contributed by atoms with E-state index in [9.17, 15) is 0 Å². The van der Waals surface area contributed by atoms with Gasteiger partial charge in [-0.05, 0) is 33.4 Å². The molecule has 0 heterocycles. The van der Waals surface area contributed by atoms with Gasteiger partial charge in [0.15, 0.2) is 0 Å². The topological polar surface area (TPSA) is 3.24 Å². The van der Waals surface area contributed by atoms with Crippen LogP contribution in [0.2, 0.25) is 0 Å². The van der Waals surface area contributed by atoms with Crippen LogP contribution in [0.15, 0.2) is 0 Å². The van der Waals surface area contributed by atoms with Gasteiger partial charge in [0.1, 0.15) is 0 Å². The van der Waals surface area contributed by atoms with Crippen LogP contribution in [0.5, 0.6) is 0 Å². The molecule has 0 saturated heterocycles. The van der Waals surface area contributed by atoms with Gasteiger partial charge < -0.3 is 0 Å². The molecule has 0 aliphatic rings. The van der Waals surface area contributed by atoms with E-state index in [1.165, 1.54) is 38.8 Å². The van der Waals surface area contributed by atoms with Crippen LogP contribution in [0.4, 0.5) is 0 Å². The van der Waals surface area contributed by atoms with E-state index in [4.69, 9.17) is 0 Å². The van der Waals surface area contributed by atoms with Crippen LogP contribution in [-0.2, 0) is 0 Å². The molecule has 0 fully saturated rings. The van der Waals surface area contributed by atoms with E-state index >= 15 is 0 Å². The molecule has 0 saturated carbocycles. The summed E-state index contributed by atoms with van der Waals surface area (Å²) < 4.78 is 0. The largest absolute Gasteiger partial charge is 0.299 e. The van der Waals surface area contributed by atoms with Crippen LogP contribution in [0.1, 0.15) is 60.3 Å². The lowest BCUT2D eigenvalue weighted by Gasteiger charge is -2.37. The van der Waals surface area contributed by atoms with E-state index < -0.39 is 0 Å². The van der Waals surface area contributed by atoms with Gasteiger partial charge in [0.2, 0.25) is 0 Å². The van der Waals surface area contributed by atoms with Crippen molar-refractivity contribution < 1.29 is 0 Å². The Kier molecular flexibility index (Phi) is 6.40. The minimum atomic E-state index is 0.401. The molecule has 0 bridgehead atoms. The summed E-state index contributed by atoms with van der Waals surface area (Å²) in [5.41, 5.74) is 0.401. The predicted molar refractivity (Wildman–Crippen MR) is 61.1 cm³/mol. The lowest BCUT2D eigenvalue weighted by atomic mass is 9.94. The second-order valence-electron chi connectivity index (χ2n) is 4.44. The molecule has 0 N–H and O–H groups in total. The number of nitrogens with zero attached hydrogens (tertiary/aromatic N) is 1. The highest BCUT2D eigenvalue weighted by Crippen LogP contribution is 2.21. The van der Waals surface area contributed by atoms with Crippen molar-refractivity contribution in [3.63, 3.8) is 0 Å². The van der Waals surface area contributed by atoms with Crippen molar-refractivity contribution in [2.45, 2.75) is 65.8 Å². The second kappa shape index (κ2) is 6.42. The summed E-state index contributed by atoms with van der Waals surface area (Å²) >= 11 is 0. The summed E-state index contributed by atoms with van der Waals surface area (Å²) in [5.74, 6) is 0. The standard InChI is InChI=1S/C12H27N/c1-6-9-10-11-12(4,5)13(7-2)8-3/h6-11H2,1-5H3. The first kappa shape index (κ1) is 13.0. The van der Waals surface area contributed by atoms with Gasteiger partial charge in [0.25, 0.3) is 0 Å². The molecule has 0 spiro atoms. The molecular formula is C12H27N. The summed E-state index contributed by atoms with van der Waals surface area (Å²) in [6.45, 7) is 13.9. The van der Waals surface area contributed by atoms with Crippen molar-refractivity contribution in [3.8, 4) is 0 Å². The molecule has 0 aromatic carbocycles. The third kappa shape index (κ3) is 4.66. The van der Waals surface area contributed by atoms with E-state index in [0.717, 1.165) is 0 Å². The van der Waals surface area contributed by atoms with Crippen molar-refractivity contribution in [2.75, 3.05) is 13.1 Å². The summed E-state index contributed by atoms with van der Waals surface area (Å²) in [7, 11) is 0. The van der Waals surface area contributed by atoms with Gasteiger partial charge in [-0.1, -0.05) is 40.0 Å². The van der Waals surface area contributed by atoms with E-state index in [0.29, 0.717) is 5.54 Å². The Morgan fingerprint density at radius 1 is 0.923 bits per heavy atom. The highest BCUT2D eigenvalue weighted by molar-refractivity contribution is 4.79. The predicted octanol–water partition coefficient (Wildman–Crippen LogP) is 3.69. The fourth-order valence-corrected chi connectivity index (χ4v) is 2.05. The molecule has 0 unspecified atom stereocenters. The number of hydrogen-bond acceptors (Lipinski definition) is 1. The van der Waals surface area contributed by atoms with Crippen molar-refractivity contribution in [1.29, 1.82) is 0 Å². The molecule has 0 radical (unpaired) electrons. The Balaban J connectivity index is 3.88. The van der Waals surface area contributed by atoms with E-state index in [2.05, 4.69) is 39.5 Å². The van der Waals surface area contributed by atoms with Crippen LogP contribution in [-0.4, -0.2) is 23.5 Å². The maximum absolute atomic E-state index is 2.56. The second-order valence-corrected chi connectivity index (χ2v) is 4.44. The van der Waals surface area contributed by atoms with Crippen LogP contribution >= 0.6 is 0 Å². The first-order chi connectivity index (χ1) is 6.08. The highest BCUT2D eigenvalue weighted by atomic mass is 15.2. The summed E-state index contributed by atoms with van der Waals surface area (Å²) in [6, 6.07) is 0. The molecule has 0 aliphatic heterocycles. The van der Waals surface area contributed by atoms with Crippen molar-refractivity contribution >= 4 is 0 Å². The third-order valence-corrected chi connectivity index (χ3v) is 3.01. The zero-order chi connectivity index (χ0) is 10.3. The Morgan fingerprint density at radius 3 is 1.85 bits per heavy atom. The van der Waals surface area contributed by atoms with Gasteiger partial charge in [0.05, 0.1) is 0 Å². The fourth-order valence-electron chi connectivity index (χ4n) is 2.05. The fraction of sp³-hybridized carbons (Fsp3) is 1.00. The number of rotatable bonds is 7. The van der Waals surface area contributed by atoms with Gasteiger partial charge in [-0.3, -0.25) is 4.90 Å². The lowest BCUT2D eigenvalue weighted by Crippen LogP contribution is -2.43. The average Bonchev–Trinajstić information content (AvgIpc) is 2.06. The SMILES string of the molecule is CCCCCC(C)(C)N(CC)CC. The molecule has 1 heteroatoms.